The minimum atomic E-state index is 1.07. The summed E-state index contributed by atoms with van der Waals surface area (Å²) in [6.07, 6.45) is 0. The lowest BCUT2D eigenvalue weighted by molar-refractivity contribution is 1.18. The average Bonchev–Trinajstić information content (AvgIpc) is 3.71. The molecule has 0 bridgehead atoms. The summed E-state index contributed by atoms with van der Waals surface area (Å²) in [7, 11) is 0. The van der Waals surface area contributed by atoms with Gasteiger partial charge in [0, 0.05) is 33.0 Å². The van der Waals surface area contributed by atoms with Crippen molar-refractivity contribution in [3.8, 4) is 50.2 Å². The van der Waals surface area contributed by atoms with Crippen molar-refractivity contribution in [2.24, 2.45) is 0 Å². The Hall–Kier alpha value is -8.46. The van der Waals surface area contributed by atoms with E-state index in [1.54, 1.807) is 0 Å². The number of anilines is 3. The summed E-state index contributed by atoms with van der Waals surface area (Å²) in [4.78, 5) is 2.50. The minimum absolute atomic E-state index is 1.07. The van der Waals surface area contributed by atoms with Crippen LogP contribution in [0.15, 0.2) is 255 Å². The molecule has 1 aromatic heterocycles. The maximum atomic E-state index is 2.50. The van der Waals surface area contributed by atoms with Crippen LogP contribution in [0.4, 0.5) is 17.1 Å². The number of aromatic nitrogens is 1. The van der Waals surface area contributed by atoms with Gasteiger partial charge in [-0.2, -0.15) is 0 Å². The van der Waals surface area contributed by atoms with E-state index in [1.807, 2.05) is 0 Å². The Bertz CT molecular complexity index is 3610. The van der Waals surface area contributed by atoms with Crippen LogP contribution in [0.25, 0.3) is 93.5 Å². The third-order valence-corrected chi connectivity index (χ3v) is 12.8. The first-order valence-corrected chi connectivity index (χ1v) is 22.0. The van der Waals surface area contributed by atoms with E-state index < -0.39 is 0 Å². The van der Waals surface area contributed by atoms with Crippen LogP contribution in [0.3, 0.4) is 0 Å². The van der Waals surface area contributed by atoms with Crippen LogP contribution in [0.5, 0.6) is 0 Å². The van der Waals surface area contributed by atoms with Crippen molar-refractivity contribution in [1.82, 2.24) is 4.57 Å². The molecule has 0 amide bonds. The van der Waals surface area contributed by atoms with E-state index in [2.05, 4.69) is 264 Å². The summed E-state index contributed by atoms with van der Waals surface area (Å²) >= 11 is 0. The van der Waals surface area contributed by atoms with Crippen LogP contribution < -0.4 is 4.90 Å². The Balaban J connectivity index is 1.12. The maximum Gasteiger partial charge on any atom is 0.0546 e. The topological polar surface area (TPSA) is 8.17 Å². The fourth-order valence-corrected chi connectivity index (χ4v) is 9.95. The second kappa shape index (κ2) is 15.8. The largest absolute Gasteiger partial charge is 0.309 e. The van der Waals surface area contributed by atoms with E-state index in [-0.39, 0.29) is 0 Å². The van der Waals surface area contributed by atoms with Gasteiger partial charge in [0.2, 0.25) is 0 Å². The lowest BCUT2D eigenvalue weighted by Gasteiger charge is -2.31. The molecular formula is C62H42N2. The molecule has 64 heavy (non-hydrogen) atoms. The molecule has 0 aliphatic carbocycles. The minimum Gasteiger partial charge on any atom is -0.309 e. The van der Waals surface area contributed by atoms with Gasteiger partial charge in [-0.05, 0) is 92.0 Å². The van der Waals surface area contributed by atoms with Crippen LogP contribution in [0.1, 0.15) is 0 Å². The molecule has 0 radical (unpaired) electrons. The molecule has 0 aliphatic rings. The van der Waals surface area contributed by atoms with Gasteiger partial charge in [-0.15, -0.1) is 0 Å². The Kier molecular flexibility index (Phi) is 9.20. The molecule has 12 rings (SSSR count). The summed E-state index contributed by atoms with van der Waals surface area (Å²) in [6.45, 7) is 0. The fraction of sp³-hybridized carbons (Fsp3) is 0. The van der Waals surface area contributed by atoms with Crippen LogP contribution >= 0.6 is 0 Å². The molecule has 11 aromatic carbocycles. The van der Waals surface area contributed by atoms with Crippen LogP contribution in [0, 0.1) is 0 Å². The van der Waals surface area contributed by atoms with E-state index in [4.69, 9.17) is 0 Å². The maximum absolute atomic E-state index is 2.50. The number of benzene rings is 11. The molecule has 0 saturated carbocycles. The Morgan fingerprint density at radius 3 is 1.45 bits per heavy atom. The van der Waals surface area contributed by atoms with E-state index in [0.29, 0.717) is 0 Å². The van der Waals surface area contributed by atoms with E-state index in [1.165, 1.54) is 82.3 Å². The number of hydrogen-bond donors (Lipinski definition) is 0. The molecule has 0 unspecified atom stereocenters. The summed E-state index contributed by atoms with van der Waals surface area (Å²) in [5, 5.41) is 7.36. The highest BCUT2D eigenvalue weighted by molar-refractivity contribution is 6.16. The molecule has 2 nitrogen and oxygen atoms in total. The number of rotatable bonds is 8. The zero-order valence-electron chi connectivity index (χ0n) is 35.1. The molecule has 2 heteroatoms. The first-order chi connectivity index (χ1) is 31.8. The smallest absolute Gasteiger partial charge is 0.0546 e. The van der Waals surface area contributed by atoms with Gasteiger partial charge >= 0.3 is 0 Å². The molecular weight excluding hydrogens is 773 g/mol. The van der Waals surface area contributed by atoms with Crippen molar-refractivity contribution in [3.05, 3.63) is 255 Å². The van der Waals surface area contributed by atoms with Gasteiger partial charge in [0.05, 0.1) is 28.1 Å². The lowest BCUT2D eigenvalue weighted by Crippen LogP contribution is -2.12. The van der Waals surface area contributed by atoms with Gasteiger partial charge in [-0.25, -0.2) is 0 Å². The predicted octanol–water partition coefficient (Wildman–Crippen LogP) is 17.2. The number of hydrogen-bond acceptors (Lipinski definition) is 1. The SMILES string of the molecule is c1ccc(-c2ccccc2-c2c(-c3ccccc3)cccc2N(c2ccc(-c3ccccc3-n3c4ccccc4c4ccccc43)cc2)c2cc3ccccc3c3ccccc23)cc1. The van der Waals surface area contributed by atoms with Crippen molar-refractivity contribution in [2.75, 3.05) is 4.90 Å². The van der Waals surface area contributed by atoms with Crippen molar-refractivity contribution < 1.29 is 0 Å². The van der Waals surface area contributed by atoms with Crippen molar-refractivity contribution >= 4 is 60.4 Å². The molecule has 0 atom stereocenters. The number of fused-ring (bicyclic) bond motifs is 6. The zero-order valence-corrected chi connectivity index (χ0v) is 35.1. The monoisotopic (exact) mass is 814 g/mol. The van der Waals surface area contributed by atoms with Gasteiger partial charge in [0.15, 0.2) is 0 Å². The Morgan fingerprint density at radius 1 is 0.281 bits per heavy atom. The van der Waals surface area contributed by atoms with Crippen molar-refractivity contribution in [3.63, 3.8) is 0 Å². The molecule has 12 aromatic rings. The molecule has 0 aliphatic heterocycles. The third-order valence-electron chi connectivity index (χ3n) is 12.8. The van der Waals surface area contributed by atoms with E-state index in [9.17, 15) is 0 Å². The molecule has 300 valence electrons. The highest BCUT2D eigenvalue weighted by Crippen LogP contribution is 2.50. The predicted molar refractivity (Wildman–Crippen MR) is 272 cm³/mol. The first kappa shape index (κ1) is 37.3. The number of para-hydroxylation sites is 3. The van der Waals surface area contributed by atoms with Crippen molar-refractivity contribution in [1.29, 1.82) is 0 Å². The van der Waals surface area contributed by atoms with Crippen LogP contribution in [-0.4, -0.2) is 4.57 Å². The summed E-state index contributed by atoms with van der Waals surface area (Å²) < 4.78 is 2.42. The normalized spacial score (nSPS) is 11.4. The highest BCUT2D eigenvalue weighted by Gasteiger charge is 2.25. The van der Waals surface area contributed by atoms with Gasteiger partial charge in [-0.3, -0.25) is 0 Å². The zero-order chi connectivity index (χ0) is 42.4. The molecule has 1 heterocycles. The van der Waals surface area contributed by atoms with Crippen LogP contribution in [-0.2, 0) is 0 Å². The first-order valence-electron chi connectivity index (χ1n) is 22.0. The van der Waals surface area contributed by atoms with Gasteiger partial charge in [-0.1, -0.05) is 212 Å². The van der Waals surface area contributed by atoms with E-state index in [0.717, 1.165) is 28.3 Å². The van der Waals surface area contributed by atoms with Crippen LogP contribution in [0.2, 0.25) is 0 Å². The Labute approximate surface area is 373 Å². The second-order valence-electron chi connectivity index (χ2n) is 16.4. The lowest BCUT2D eigenvalue weighted by atomic mass is 9.87. The standard InChI is InChI=1S/C62H42N2/c1-3-20-43(21-4-1)48-25-9-12-32-56(48)62-51(44-22-5-2-6-23-44)33-19-37-60(62)63(61-42-46-24-7-8-26-49(46)52-28-10-11-29-53(52)61)47-40-38-45(39-41-47)50-27-13-16-34-57(50)64-58-35-17-14-30-54(58)55-31-15-18-36-59(55)64/h1-42H. The summed E-state index contributed by atoms with van der Waals surface area (Å²) in [5.74, 6) is 0. The van der Waals surface area contributed by atoms with Gasteiger partial charge in [0.1, 0.15) is 0 Å². The second-order valence-corrected chi connectivity index (χ2v) is 16.4. The molecule has 0 saturated heterocycles. The number of nitrogens with zero attached hydrogens (tertiary/aromatic N) is 2. The highest BCUT2D eigenvalue weighted by atomic mass is 15.1. The third kappa shape index (κ3) is 6.27. The fourth-order valence-electron chi connectivity index (χ4n) is 9.95. The molecule has 0 N–H and O–H groups in total. The van der Waals surface area contributed by atoms with Gasteiger partial charge in [0.25, 0.3) is 0 Å². The van der Waals surface area contributed by atoms with E-state index >= 15 is 0 Å². The quantitative estimate of drug-likeness (QED) is 0.139. The Morgan fingerprint density at radius 2 is 0.766 bits per heavy atom. The van der Waals surface area contributed by atoms with Crippen molar-refractivity contribution in [2.45, 2.75) is 0 Å². The molecule has 0 fully saturated rings. The van der Waals surface area contributed by atoms with Gasteiger partial charge < -0.3 is 9.47 Å². The average molecular weight is 815 g/mol. The summed E-state index contributed by atoms with van der Waals surface area (Å²) in [5.41, 5.74) is 16.2. The summed E-state index contributed by atoms with van der Waals surface area (Å²) in [6, 6.07) is 92.8. The molecule has 0 spiro atoms.